The minimum absolute atomic E-state index is 0.0843. The van der Waals surface area contributed by atoms with Gasteiger partial charge in [-0.25, -0.2) is 9.59 Å². The summed E-state index contributed by atoms with van der Waals surface area (Å²) in [5, 5.41) is 11.8. The molecule has 116 valence electrons. The van der Waals surface area contributed by atoms with Crippen molar-refractivity contribution in [3.05, 3.63) is 0 Å². The van der Waals surface area contributed by atoms with E-state index in [1.807, 2.05) is 13.8 Å². The van der Waals surface area contributed by atoms with E-state index in [-0.39, 0.29) is 11.9 Å². The first-order valence-corrected chi connectivity index (χ1v) is 7.31. The van der Waals surface area contributed by atoms with Gasteiger partial charge in [0, 0.05) is 19.6 Å². The van der Waals surface area contributed by atoms with E-state index in [9.17, 15) is 14.7 Å². The average Bonchev–Trinajstić information content (AvgIpc) is 2.79. The molecule has 2 amide bonds. The summed E-state index contributed by atoms with van der Waals surface area (Å²) in [7, 11) is 3.78. The number of nitrogens with one attached hydrogen (secondary N) is 1. The fourth-order valence-corrected chi connectivity index (χ4v) is 2.54. The van der Waals surface area contributed by atoms with Crippen molar-refractivity contribution in [3.8, 4) is 0 Å². The SMILES string of the molecule is CC[C@H](C)[C@H](NC(=O)N(C)CC1CCCN1C)C(=O)O. The predicted molar refractivity (Wildman–Crippen MR) is 77.7 cm³/mol. The van der Waals surface area contributed by atoms with Crippen LogP contribution in [0.4, 0.5) is 4.79 Å². The maximum atomic E-state index is 12.1. The lowest BCUT2D eigenvalue weighted by Crippen LogP contribution is -2.51. The van der Waals surface area contributed by atoms with Crippen LogP contribution in [0, 0.1) is 5.92 Å². The fourth-order valence-electron chi connectivity index (χ4n) is 2.54. The zero-order chi connectivity index (χ0) is 15.3. The highest BCUT2D eigenvalue weighted by molar-refractivity contribution is 5.82. The highest BCUT2D eigenvalue weighted by Gasteiger charge is 2.28. The second-order valence-electron chi connectivity index (χ2n) is 5.81. The lowest BCUT2D eigenvalue weighted by molar-refractivity contribution is -0.140. The number of rotatable bonds is 6. The van der Waals surface area contributed by atoms with Gasteiger partial charge in [-0.2, -0.15) is 0 Å². The molecule has 0 aromatic carbocycles. The summed E-state index contributed by atoms with van der Waals surface area (Å²) < 4.78 is 0. The highest BCUT2D eigenvalue weighted by Crippen LogP contribution is 2.15. The lowest BCUT2D eigenvalue weighted by Gasteiger charge is -2.28. The molecule has 1 unspecified atom stereocenters. The quantitative estimate of drug-likeness (QED) is 0.769. The summed E-state index contributed by atoms with van der Waals surface area (Å²) in [6.07, 6.45) is 2.95. The number of hydrogen-bond donors (Lipinski definition) is 2. The lowest BCUT2D eigenvalue weighted by atomic mass is 9.99. The van der Waals surface area contributed by atoms with Crippen molar-refractivity contribution in [1.29, 1.82) is 0 Å². The van der Waals surface area contributed by atoms with Crippen molar-refractivity contribution in [1.82, 2.24) is 15.1 Å². The highest BCUT2D eigenvalue weighted by atomic mass is 16.4. The summed E-state index contributed by atoms with van der Waals surface area (Å²) in [6, 6.07) is -0.758. The van der Waals surface area contributed by atoms with Crippen LogP contribution in [-0.4, -0.2) is 66.2 Å². The number of amides is 2. The minimum Gasteiger partial charge on any atom is -0.480 e. The molecule has 0 spiro atoms. The maximum Gasteiger partial charge on any atom is 0.326 e. The molecule has 0 radical (unpaired) electrons. The van der Waals surface area contributed by atoms with E-state index < -0.39 is 12.0 Å². The van der Waals surface area contributed by atoms with Crippen molar-refractivity contribution in [3.63, 3.8) is 0 Å². The molecule has 6 heteroatoms. The van der Waals surface area contributed by atoms with Gasteiger partial charge in [0.2, 0.25) is 0 Å². The number of aliphatic carboxylic acids is 1. The Hall–Kier alpha value is -1.30. The van der Waals surface area contributed by atoms with Gasteiger partial charge in [-0.3, -0.25) is 0 Å². The van der Waals surface area contributed by atoms with Crippen LogP contribution in [0.1, 0.15) is 33.1 Å². The largest absolute Gasteiger partial charge is 0.480 e. The summed E-state index contributed by atoms with van der Waals surface area (Å²) in [5.41, 5.74) is 0. The smallest absolute Gasteiger partial charge is 0.326 e. The average molecular weight is 285 g/mol. The van der Waals surface area contributed by atoms with E-state index in [0.717, 1.165) is 19.4 Å². The Labute approximate surface area is 121 Å². The molecule has 0 aliphatic carbocycles. The molecule has 1 fully saturated rings. The van der Waals surface area contributed by atoms with Gasteiger partial charge in [0.25, 0.3) is 0 Å². The zero-order valence-electron chi connectivity index (χ0n) is 12.9. The molecule has 0 saturated carbocycles. The van der Waals surface area contributed by atoms with Crippen molar-refractivity contribution in [2.45, 2.75) is 45.2 Å². The Morgan fingerprint density at radius 1 is 1.50 bits per heavy atom. The summed E-state index contributed by atoms with van der Waals surface area (Å²) >= 11 is 0. The molecular formula is C14H27N3O3. The van der Waals surface area contributed by atoms with Gasteiger partial charge in [-0.05, 0) is 32.4 Å². The van der Waals surface area contributed by atoms with E-state index in [1.54, 1.807) is 11.9 Å². The molecule has 0 aromatic rings. The third-order valence-electron chi connectivity index (χ3n) is 4.26. The topological polar surface area (TPSA) is 72.9 Å². The molecule has 1 aliphatic heterocycles. The van der Waals surface area contributed by atoms with Gasteiger partial charge in [-0.1, -0.05) is 20.3 Å². The molecule has 6 nitrogen and oxygen atoms in total. The predicted octanol–water partition coefficient (Wildman–Crippen LogP) is 1.22. The number of urea groups is 1. The maximum absolute atomic E-state index is 12.1. The van der Waals surface area contributed by atoms with Crippen LogP contribution in [0.15, 0.2) is 0 Å². The Kier molecular flexibility index (Phi) is 6.26. The summed E-state index contributed by atoms with van der Waals surface area (Å²) in [5.74, 6) is -1.06. The summed E-state index contributed by atoms with van der Waals surface area (Å²) in [4.78, 5) is 27.1. The number of likely N-dealkylation sites (tertiary alicyclic amines) is 1. The Morgan fingerprint density at radius 2 is 2.15 bits per heavy atom. The van der Waals surface area contributed by atoms with Gasteiger partial charge in [0.15, 0.2) is 0 Å². The van der Waals surface area contributed by atoms with E-state index in [2.05, 4.69) is 17.3 Å². The van der Waals surface area contributed by atoms with Gasteiger partial charge in [0.05, 0.1) is 0 Å². The number of carbonyl (C=O) groups excluding carboxylic acids is 1. The van der Waals surface area contributed by atoms with Crippen LogP contribution in [0.25, 0.3) is 0 Å². The molecular weight excluding hydrogens is 258 g/mol. The van der Waals surface area contributed by atoms with Crippen molar-refractivity contribution < 1.29 is 14.7 Å². The minimum atomic E-state index is -0.973. The summed E-state index contributed by atoms with van der Waals surface area (Å²) in [6.45, 7) is 5.45. The van der Waals surface area contributed by atoms with Gasteiger partial charge >= 0.3 is 12.0 Å². The first-order chi connectivity index (χ1) is 9.36. The monoisotopic (exact) mass is 285 g/mol. The molecule has 1 rings (SSSR count). The molecule has 1 saturated heterocycles. The van der Waals surface area contributed by atoms with Crippen molar-refractivity contribution >= 4 is 12.0 Å². The first kappa shape index (κ1) is 16.8. The third kappa shape index (κ3) is 4.37. The van der Waals surface area contributed by atoms with Crippen molar-refractivity contribution in [2.75, 3.05) is 27.2 Å². The van der Waals surface area contributed by atoms with Gasteiger partial charge < -0.3 is 20.2 Å². The van der Waals surface area contributed by atoms with Crippen LogP contribution < -0.4 is 5.32 Å². The van der Waals surface area contributed by atoms with Crippen LogP contribution >= 0.6 is 0 Å². The second kappa shape index (κ2) is 7.47. The first-order valence-electron chi connectivity index (χ1n) is 7.31. The number of carboxylic acid groups (broad SMARTS) is 1. The van der Waals surface area contributed by atoms with Crippen LogP contribution in [0.5, 0.6) is 0 Å². The molecule has 1 aliphatic rings. The number of carbonyl (C=O) groups is 2. The molecule has 2 N–H and O–H groups in total. The van der Waals surface area contributed by atoms with Crippen molar-refractivity contribution in [2.24, 2.45) is 5.92 Å². The number of nitrogens with zero attached hydrogens (tertiary/aromatic N) is 2. The van der Waals surface area contributed by atoms with Crippen LogP contribution in [0.2, 0.25) is 0 Å². The third-order valence-corrected chi connectivity index (χ3v) is 4.26. The van der Waals surface area contributed by atoms with Crippen LogP contribution in [0.3, 0.4) is 0 Å². The van der Waals surface area contributed by atoms with Gasteiger partial charge in [-0.15, -0.1) is 0 Å². The molecule has 0 bridgehead atoms. The fraction of sp³-hybridized carbons (Fsp3) is 0.857. The standard InChI is InChI=1S/C14H27N3O3/c1-5-10(2)12(13(18)19)15-14(20)17(4)9-11-7-6-8-16(11)3/h10-12H,5-9H2,1-4H3,(H,15,20)(H,18,19)/t10-,11?,12-/m0/s1. The Balaban J connectivity index is 2.53. The normalized spacial score (nSPS) is 22.3. The van der Waals surface area contributed by atoms with E-state index in [0.29, 0.717) is 19.0 Å². The van der Waals surface area contributed by atoms with Crippen LogP contribution in [-0.2, 0) is 4.79 Å². The molecule has 0 aromatic heterocycles. The second-order valence-corrected chi connectivity index (χ2v) is 5.81. The molecule has 20 heavy (non-hydrogen) atoms. The zero-order valence-corrected chi connectivity index (χ0v) is 12.9. The number of carboxylic acids is 1. The van der Waals surface area contributed by atoms with Gasteiger partial charge in [0.1, 0.15) is 6.04 Å². The van der Waals surface area contributed by atoms with E-state index >= 15 is 0 Å². The molecule has 1 heterocycles. The molecule has 3 atom stereocenters. The number of hydrogen-bond acceptors (Lipinski definition) is 3. The van der Waals surface area contributed by atoms with E-state index in [1.165, 1.54) is 0 Å². The Bertz CT molecular complexity index is 349. The number of likely N-dealkylation sites (N-methyl/N-ethyl adjacent to an activating group) is 2. The Morgan fingerprint density at radius 3 is 2.60 bits per heavy atom. The van der Waals surface area contributed by atoms with E-state index in [4.69, 9.17) is 0 Å².